The molecule has 3 heteroatoms. The van der Waals surface area contributed by atoms with Gasteiger partial charge in [-0.3, -0.25) is 9.78 Å². The van der Waals surface area contributed by atoms with Gasteiger partial charge >= 0.3 is 0 Å². The van der Waals surface area contributed by atoms with Gasteiger partial charge in [-0.15, -0.1) is 0 Å². The zero-order valence-corrected chi connectivity index (χ0v) is 9.23. The molecule has 1 aliphatic rings. The van der Waals surface area contributed by atoms with Gasteiger partial charge in [-0.05, 0) is 25.0 Å². The Kier molecular flexibility index (Phi) is 2.71. The maximum atomic E-state index is 12.0. The quantitative estimate of drug-likeness (QED) is 0.701. The van der Waals surface area contributed by atoms with Crippen LogP contribution >= 0.6 is 0 Å². The molecular weight excluding hydrogens is 188 g/mol. The van der Waals surface area contributed by atoms with Crippen molar-refractivity contribution in [2.75, 3.05) is 11.4 Å². The molecular formula is C12H16N2O. The number of carbonyl (C=O) groups is 1. The van der Waals surface area contributed by atoms with Gasteiger partial charge in [0, 0.05) is 18.7 Å². The first-order chi connectivity index (χ1) is 7.20. The van der Waals surface area contributed by atoms with Crippen LogP contribution in [-0.2, 0) is 11.2 Å². The Hall–Kier alpha value is -1.38. The molecule has 0 saturated carbocycles. The molecule has 2 rings (SSSR count). The minimum Gasteiger partial charge on any atom is -0.310 e. The molecule has 15 heavy (non-hydrogen) atoms. The summed E-state index contributed by atoms with van der Waals surface area (Å²) in [6.45, 7) is 4.70. The van der Waals surface area contributed by atoms with E-state index >= 15 is 0 Å². The molecule has 3 nitrogen and oxygen atoms in total. The van der Waals surface area contributed by atoms with E-state index in [4.69, 9.17) is 0 Å². The van der Waals surface area contributed by atoms with E-state index in [1.54, 1.807) is 6.20 Å². The summed E-state index contributed by atoms with van der Waals surface area (Å²) in [7, 11) is 0. The number of aromatic nitrogens is 1. The second-order valence-corrected chi connectivity index (χ2v) is 4.22. The number of anilines is 1. The van der Waals surface area contributed by atoms with Crippen LogP contribution in [0.25, 0.3) is 0 Å². The monoisotopic (exact) mass is 204 g/mol. The number of aryl methyl sites for hydroxylation is 1. The Morgan fingerprint density at radius 2 is 2.33 bits per heavy atom. The second kappa shape index (κ2) is 4.01. The second-order valence-electron chi connectivity index (χ2n) is 4.22. The number of hydrogen-bond acceptors (Lipinski definition) is 2. The molecule has 80 valence electrons. The van der Waals surface area contributed by atoms with E-state index in [2.05, 4.69) is 4.98 Å². The summed E-state index contributed by atoms with van der Waals surface area (Å²) in [4.78, 5) is 18.1. The minimum atomic E-state index is 0.0520. The average Bonchev–Trinajstić information content (AvgIpc) is 2.27. The molecule has 1 aromatic rings. The molecule has 0 aromatic carbocycles. The zero-order chi connectivity index (χ0) is 10.8. The Labute approximate surface area is 90.1 Å². The fraction of sp³-hybridized carbons (Fsp3) is 0.500. The lowest BCUT2D eigenvalue weighted by Gasteiger charge is -2.29. The van der Waals surface area contributed by atoms with Crippen LogP contribution in [0.4, 0.5) is 5.69 Å². The molecule has 1 amide bonds. The number of pyridine rings is 1. The smallest absolute Gasteiger partial charge is 0.229 e. The lowest BCUT2D eigenvalue weighted by Crippen LogP contribution is -2.38. The molecule has 0 aliphatic carbocycles. The first-order valence-electron chi connectivity index (χ1n) is 5.45. The minimum absolute atomic E-state index is 0.0520. The number of carbonyl (C=O) groups excluding carboxylic acids is 1. The van der Waals surface area contributed by atoms with Crippen molar-refractivity contribution in [3.63, 3.8) is 0 Å². The summed E-state index contributed by atoms with van der Waals surface area (Å²) < 4.78 is 0. The summed E-state index contributed by atoms with van der Waals surface area (Å²) in [5.41, 5.74) is 2.06. The van der Waals surface area contributed by atoms with Crippen LogP contribution in [0.5, 0.6) is 0 Å². The first-order valence-corrected chi connectivity index (χ1v) is 5.45. The van der Waals surface area contributed by atoms with Crippen LogP contribution in [0.1, 0.15) is 26.0 Å². The lowest BCUT2D eigenvalue weighted by atomic mass is 10.1. The van der Waals surface area contributed by atoms with E-state index in [1.165, 1.54) is 0 Å². The predicted octanol–water partition coefficient (Wildman–Crippen LogP) is 2.02. The van der Waals surface area contributed by atoms with Crippen LogP contribution in [0, 0.1) is 5.92 Å². The van der Waals surface area contributed by atoms with Gasteiger partial charge in [0.2, 0.25) is 5.91 Å². The summed E-state index contributed by atoms with van der Waals surface area (Å²) in [5.74, 6) is 0.250. The van der Waals surface area contributed by atoms with Crippen LogP contribution in [-0.4, -0.2) is 17.4 Å². The Balaban J connectivity index is 2.34. The molecule has 0 radical (unpaired) electrons. The van der Waals surface area contributed by atoms with Gasteiger partial charge in [0.25, 0.3) is 0 Å². The number of hydrogen-bond donors (Lipinski definition) is 0. The summed E-state index contributed by atoms with van der Waals surface area (Å²) in [6, 6.07) is 3.88. The standard InChI is InChI=1S/C12H16N2O/c1-9(2)12(15)14-8-4-5-10-11(14)6-3-7-13-10/h3,6-7,9H,4-5,8H2,1-2H3. The zero-order valence-electron chi connectivity index (χ0n) is 9.23. The Morgan fingerprint density at radius 1 is 1.53 bits per heavy atom. The van der Waals surface area contributed by atoms with Gasteiger partial charge in [-0.1, -0.05) is 13.8 Å². The third-order valence-corrected chi connectivity index (χ3v) is 2.71. The number of fused-ring (bicyclic) bond motifs is 1. The summed E-state index contributed by atoms with van der Waals surface area (Å²) in [5, 5.41) is 0. The van der Waals surface area contributed by atoms with Crippen LogP contribution in [0.3, 0.4) is 0 Å². The Morgan fingerprint density at radius 3 is 3.07 bits per heavy atom. The van der Waals surface area contributed by atoms with E-state index in [-0.39, 0.29) is 11.8 Å². The molecule has 0 bridgehead atoms. The highest BCUT2D eigenvalue weighted by Crippen LogP contribution is 2.25. The SMILES string of the molecule is CC(C)C(=O)N1CCCc2ncccc21. The van der Waals surface area contributed by atoms with Crippen molar-refractivity contribution in [2.24, 2.45) is 5.92 Å². The summed E-state index contributed by atoms with van der Waals surface area (Å²) >= 11 is 0. The molecule has 1 aliphatic heterocycles. The fourth-order valence-electron chi connectivity index (χ4n) is 1.93. The number of nitrogens with zero attached hydrogens (tertiary/aromatic N) is 2. The number of amides is 1. The van der Waals surface area contributed by atoms with Crippen LogP contribution in [0.15, 0.2) is 18.3 Å². The molecule has 0 atom stereocenters. The van der Waals surface area contributed by atoms with Gasteiger partial charge < -0.3 is 4.90 Å². The molecule has 0 fully saturated rings. The maximum Gasteiger partial charge on any atom is 0.229 e. The lowest BCUT2D eigenvalue weighted by molar-refractivity contribution is -0.121. The normalized spacial score (nSPS) is 15.3. The van der Waals surface area contributed by atoms with Crippen molar-refractivity contribution in [2.45, 2.75) is 26.7 Å². The van der Waals surface area contributed by atoms with Gasteiger partial charge in [0.05, 0.1) is 11.4 Å². The topological polar surface area (TPSA) is 33.2 Å². The van der Waals surface area contributed by atoms with Crippen molar-refractivity contribution >= 4 is 11.6 Å². The van der Waals surface area contributed by atoms with Crippen molar-refractivity contribution in [1.82, 2.24) is 4.98 Å². The van der Waals surface area contributed by atoms with Crippen LogP contribution < -0.4 is 4.90 Å². The third-order valence-electron chi connectivity index (χ3n) is 2.71. The van der Waals surface area contributed by atoms with E-state index in [9.17, 15) is 4.79 Å². The first kappa shape index (κ1) is 10.1. The van der Waals surface area contributed by atoms with E-state index < -0.39 is 0 Å². The van der Waals surface area contributed by atoms with E-state index in [0.29, 0.717) is 0 Å². The van der Waals surface area contributed by atoms with E-state index in [1.807, 2.05) is 30.9 Å². The maximum absolute atomic E-state index is 12.0. The highest BCUT2D eigenvalue weighted by atomic mass is 16.2. The molecule has 0 saturated heterocycles. The van der Waals surface area contributed by atoms with Crippen molar-refractivity contribution < 1.29 is 4.79 Å². The molecule has 1 aromatic heterocycles. The highest BCUT2D eigenvalue weighted by molar-refractivity contribution is 5.95. The highest BCUT2D eigenvalue weighted by Gasteiger charge is 2.24. The Bertz CT molecular complexity index is 374. The molecule has 0 unspecified atom stereocenters. The average molecular weight is 204 g/mol. The largest absolute Gasteiger partial charge is 0.310 e. The third kappa shape index (κ3) is 1.87. The molecule has 0 N–H and O–H groups in total. The summed E-state index contributed by atoms with van der Waals surface area (Å²) in [6.07, 6.45) is 3.79. The van der Waals surface area contributed by atoms with Gasteiger partial charge in [-0.2, -0.15) is 0 Å². The van der Waals surface area contributed by atoms with E-state index in [0.717, 1.165) is 30.8 Å². The molecule has 0 spiro atoms. The fourth-order valence-corrected chi connectivity index (χ4v) is 1.93. The van der Waals surface area contributed by atoms with Crippen molar-refractivity contribution in [3.05, 3.63) is 24.0 Å². The van der Waals surface area contributed by atoms with Crippen molar-refractivity contribution in [3.8, 4) is 0 Å². The van der Waals surface area contributed by atoms with Crippen molar-refractivity contribution in [1.29, 1.82) is 0 Å². The van der Waals surface area contributed by atoms with Gasteiger partial charge in [-0.25, -0.2) is 0 Å². The van der Waals surface area contributed by atoms with Gasteiger partial charge in [0.1, 0.15) is 0 Å². The predicted molar refractivity (Wildman–Crippen MR) is 59.7 cm³/mol. The van der Waals surface area contributed by atoms with Gasteiger partial charge in [0.15, 0.2) is 0 Å². The molecule has 2 heterocycles. The number of rotatable bonds is 1. The van der Waals surface area contributed by atoms with Crippen LogP contribution in [0.2, 0.25) is 0 Å².